The highest BCUT2D eigenvalue weighted by Crippen LogP contribution is 2.23. The number of esters is 2. The number of aliphatic hydroxyl groups excluding tert-OH is 1. The van der Waals surface area contributed by atoms with Crippen LogP contribution >= 0.6 is 0 Å². The van der Waals surface area contributed by atoms with Crippen molar-refractivity contribution in [2.75, 3.05) is 0 Å². The smallest absolute Gasteiger partial charge is 0.311 e. The molecule has 0 spiro atoms. The first-order valence-corrected chi connectivity index (χ1v) is 5.96. The van der Waals surface area contributed by atoms with Crippen molar-refractivity contribution in [3.8, 4) is 0 Å². The van der Waals surface area contributed by atoms with Gasteiger partial charge in [-0.1, -0.05) is 0 Å². The highest BCUT2D eigenvalue weighted by molar-refractivity contribution is 5.73. The van der Waals surface area contributed by atoms with E-state index in [1.807, 2.05) is 0 Å². The number of rotatable bonds is 3. The molecule has 1 heterocycles. The molecule has 1 fully saturated rings. The molecule has 1 rings (SSSR count). The number of carbonyl (C=O) groups is 2. The Labute approximate surface area is 101 Å². The van der Waals surface area contributed by atoms with Gasteiger partial charge in [-0.15, -0.1) is 0 Å². The molecule has 98 valence electrons. The molecule has 1 aliphatic heterocycles. The van der Waals surface area contributed by atoms with Crippen LogP contribution in [0.1, 0.15) is 40.0 Å². The lowest BCUT2D eigenvalue weighted by Crippen LogP contribution is -2.27. The molecule has 17 heavy (non-hydrogen) atoms. The Hall–Kier alpha value is -1.10. The molecule has 1 aliphatic rings. The molecule has 0 aromatic heterocycles. The van der Waals surface area contributed by atoms with E-state index in [0.29, 0.717) is 19.3 Å². The third kappa shape index (κ3) is 4.34. The fourth-order valence-corrected chi connectivity index (χ4v) is 1.96. The van der Waals surface area contributed by atoms with Crippen LogP contribution in [0.25, 0.3) is 0 Å². The largest absolute Gasteiger partial charge is 0.463 e. The maximum atomic E-state index is 11.5. The average molecular weight is 244 g/mol. The first-order chi connectivity index (χ1) is 7.90. The van der Waals surface area contributed by atoms with E-state index in [1.165, 1.54) is 6.92 Å². The minimum atomic E-state index is -0.642. The SMILES string of the molecule is CC(=O)O[C@@H](C)C[C@@H]1CC[C@H](O)[C@@H](C)C(=O)O1. The highest BCUT2D eigenvalue weighted by Gasteiger charge is 2.31. The summed E-state index contributed by atoms with van der Waals surface area (Å²) < 4.78 is 10.2. The molecule has 5 nitrogen and oxygen atoms in total. The van der Waals surface area contributed by atoms with Crippen molar-refractivity contribution in [1.82, 2.24) is 0 Å². The van der Waals surface area contributed by atoms with Gasteiger partial charge in [0, 0.05) is 13.3 Å². The Balaban J connectivity index is 2.49. The summed E-state index contributed by atoms with van der Waals surface area (Å²) in [5.74, 6) is -1.20. The first-order valence-electron chi connectivity index (χ1n) is 5.96. The lowest BCUT2D eigenvalue weighted by Gasteiger charge is -2.19. The number of aliphatic hydroxyl groups is 1. The van der Waals surface area contributed by atoms with E-state index in [1.54, 1.807) is 13.8 Å². The van der Waals surface area contributed by atoms with Crippen LogP contribution in [0, 0.1) is 5.92 Å². The van der Waals surface area contributed by atoms with E-state index in [4.69, 9.17) is 9.47 Å². The third-order valence-corrected chi connectivity index (χ3v) is 2.98. The molecule has 1 N–H and O–H groups in total. The lowest BCUT2D eigenvalue weighted by atomic mass is 10.00. The Kier molecular flexibility index (Phi) is 4.93. The minimum absolute atomic E-state index is 0.281. The van der Waals surface area contributed by atoms with Gasteiger partial charge < -0.3 is 14.6 Å². The minimum Gasteiger partial charge on any atom is -0.463 e. The molecule has 0 saturated carbocycles. The van der Waals surface area contributed by atoms with E-state index in [9.17, 15) is 14.7 Å². The quantitative estimate of drug-likeness (QED) is 0.751. The van der Waals surface area contributed by atoms with E-state index < -0.39 is 12.0 Å². The van der Waals surface area contributed by atoms with Crippen molar-refractivity contribution < 1.29 is 24.2 Å². The summed E-state index contributed by atoms with van der Waals surface area (Å²) in [4.78, 5) is 22.3. The van der Waals surface area contributed by atoms with Crippen LogP contribution in [0.3, 0.4) is 0 Å². The van der Waals surface area contributed by atoms with Gasteiger partial charge in [0.25, 0.3) is 0 Å². The van der Waals surface area contributed by atoms with Gasteiger partial charge in [-0.3, -0.25) is 9.59 Å². The lowest BCUT2D eigenvalue weighted by molar-refractivity contribution is -0.157. The fourth-order valence-electron chi connectivity index (χ4n) is 1.96. The monoisotopic (exact) mass is 244 g/mol. The predicted molar refractivity (Wildman–Crippen MR) is 60.1 cm³/mol. The van der Waals surface area contributed by atoms with Crippen LogP contribution in [0.15, 0.2) is 0 Å². The Bertz CT molecular complexity index is 289. The topological polar surface area (TPSA) is 72.8 Å². The van der Waals surface area contributed by atoms with Crippen LogP contribution in [0.5, 0.6) is 0 Å². The second-order valence-electron chi connectivity index (χ2n) is 4.65. The zero-order chi connectivity index (χ0) is 13.0. The van der Waals surface area contributed by atoms with Crippen LogP contribution in [-0.4, -0.2) is 35.4 Å². The van der Waals surface area contributed by atoms with E-state index in [2.05, 4.69) is 0 Å². The van der Waals surface area contributed by atoms with Crippen molar-refractivity contribution in [2.24, 2.45) is 5.92 Å². The third-order valence-electron chi connectivity index (χ3n) is 2.98. The molecule has 1 saturated heterocycles. The summed E-state index contributed by atoms with van der Waals surface area (Å²) >= 11 is 0. The molecular formula is C12H20O5. The van der Waals surface area contributed by atoms with Gasteiger partial charge in [-0.25, -0.2) is 0 Å². The maximum Gasteiger partial charge on any atom is 0.311 e. The molecule has 5 heteroatoms. The fraction of sp³-hybridized carbons (Fsp3) is 0.833. The second kappa shape index (κ2) is 6.00. The molecular weight excluding hydrogens is 224 g/mol. The van der Waals surface area contributed by atoms with Crippen molar-refractivity contribution in [2.45, 2.75) is 58.3 Å². The van der Waals surface area contributed by atoms with Gasteiger partial charge in [-0.2, -0.15) is 0 Å². The Morgan fingerprint density at radius 3 is 2.82 bits per heavy atom. The average Bonchev–Trinajstić information content (AvgIpc) is 2.32. The van der Waals surface area contributed by atoms with Gasteiger partial charge in [-0.05, 0) is 26.7 Å². The van der Waals surface area contributed by atoms with E-state index >= 15 is 0 Å². The summed E-state index contributed by atoms with van der Waals surface area (Å²) in [7, 11) is 0. The summed E-state index contributed by atoms with van der Waals surface area (Å²) in [5.41, 5.74) is 0. The highest BCUT2D eigenvalue weighted by atomic mass is 16.6. The Morgan fingerprint density at radius 2 is 2.24 bits per heavy atom. The second-order valence-corrected chi connectivity index (χ2v) is 4.65. The standard InChI is InChI=1S/C12H20O5/c1-7(16-9(3)13)6-10-4-5-11(14)8(2)12(15)17-10/h7-8,10-11,14H,4-6H2,1-3H3/t7-,8+,10-,11-/m0/s1. The number of ether oxygens (including phenoxy) is 2. The number of hydrogen-bond donors (Lipinski definition) is 1. The van der Waals surface area contributed by atoms with Gasteiger partial charge in [0.2, 0.25) is 0 Å². The van der Waals surface area contributed by atoms with Gasteiger partial charge >= 0.3 is 11.9 Å². The number of hydrogen-bond acceptors (Lipinski definition) is 5. The van der Waals surface area contributed by atoms with Gasteiger partial charge in [0.15, 0.2) is 0 Å². The molecule has 0 aromatic carbocycles. The number of carbonyl (C=O) groups excluding carboxylic acids is 2. The Morgan fingerprint density at radius 1 is 1.59 bits per heavy atom. The maximum absolute atomic E-state index is 11.5. The predicted octanol–water partition coefficient (Wildman–Crippen LogP) is 1.03. The van der Waals surface area contributed by atoms with Gasteiger partial charge in [0.05, 0.1) is 12.0 Å². The molecule has 0 amide bonds. The summed E-state index contributed by atoms with van der Waals surface area (Å²) in [6.45, 7) is 4.77. The van der Waals surface area contributed by atoms with Crippen LogP contribution in [0.4, 0.5) is 0 Å². The summed E-state index contributed by atoms with van der Waals surface area (Å²) in [5, 5.41) is 9.64. The van der Waals surface area contributed by atoms with Crippen molar-refractivity contribution in [3.05, 3.63) is 0 Å². The van der Waals surface area contributed by atoms with Crippen molar-refractivity contribution in [1.29, 1.82) is 0 Å². The molecule has 0 aromatic rings. The van der Waals surface area contributed by atoms with Crippen molar-refractivity contribution >= 4 is 11.9 Å². The number of cyclic esters (lactones) is 1. The van der Waals surface area contributed by atoms with Crippen molar-refractivity contribution in [3.63, 3.8) is 0 Å². The van der Waals surface area contributed by atoms with Crippen LogP contribution < -0.4 is 0 Å². The van der Waals surface area contributed by atoms with Gasteiger partial charge in [0.1, 0.15) is 12.2 Å². The van der Waals surface area contributed by atoms with E-state index in [-0.39, 0.29) is 24.1 Å². The molecule has 0 unspecified atom stereocenters. The first kappa shape index (κ1) is 14.0. The molecule has 0 aliphatic carbocycles. The van der Waals surface area contributed by atoms with Crippen LogP contribution in [-0.2, 0) is 19.1 Å². The van der Waals surface area contributed by atoms with E-state index in [0.717, 1.165) is 0 Å². The summed E-state index contributed by atoms with van der Waals surface area (Å²) in [6.07, 6.45) is 0.404. The normalized spacial score (nSPS) is 31.3. The molecule has 0 bridgehead atoms. The van der Waals surface area contributed by atoms with Crippen LogP contribution in [0.2, 0.25) is 0 Å². The molecule has 0 radical (unpaired) electrons. The molecule has 4 atom stereocenters. The zero-order valence-corrected chi connectivity index (χ0v) is 10.5. The summed E-state index contributed by atoms with van der Waals surface area (Å²) in [6, 6.07) is 0. The zero-order valence-electron chi connectivity index (χ0n) is 10.5.